The molecule has 0 radical (unpaired) electrons. The van der Waals surface area contributed by atoms with Gasteiger partial charge in [0, 0.05) is 24.3 Å². The molecule has 2 heterocycles. The number of hydrogen-bond donors (Lipinski definition) is 1. The Labute approximate surface area is 128 Å². The van der Waals surface area contributed by atoms with E-state index in [1.165, 1.54) is 0 Å². The number of ether oxygens (including phenoxy) is 1. The molecule has 0 saturated heterocycles. The van der Waals surface area contributed by atoms with E-state index >= 15 is 0 Å². The largest absolute Gasteiger partial charge is 0.497 e. The number of benzene rings is 1. The van der Waals surface area contributed by atoms with Gasteiger partial charge in [-0.25, -0.2) is 9.50 Å². The minimum Gasteiger partial charge on any atom is -0.497 e. The van der Waals surface area contributed by atoms with E-state index in [4.69, 9.17) is 9.84 Å². The van der Waals surface area contributed by atoms with Crippen LogP contribution in [0.2, 0.25) is 0 Å². The maximum absolute atomic E-state index is 8.90. The molecule has 6 heteroatoms. The Morgan fingerprint density at radius 1 is 1.18 bits per heavy atom. The molecule has 0 aliphatic heterocycles. The molecule has 3 aromatic rings. The molecule has 3 rings (SSSR count). The minimum absolute atomic E-state index is 0.138. The van der Waals surface area contributed by atoms with Crippen LogP contribution in [-0.2, 0) is 6.42 Å². The van der Waals surface area contributed by atoms with Gasteiger partial charge in [-0.05, 0) is 43.7 Å². The van der Waals surface area contributed by atoms with Crippen molar-refractivity contribution in [1.82, 2.24) is 19.6 Å². The van der Waals surface area contributed by atoms with E-state index in [1.807, 2.05) is 37.3 Å². The fraction of sp³-hybridized carbons (Fsp3) is 0.312. The van der Waals surface area contributed by atoms with Gasteiger partial charge in [0.05, 0.1) is 12.8 Å². The van der Waals surface area contributed by atoms with E-state index in [0.29, 0.717) is 24.4 Å². The highest BCUT2D eigenvalue weighted by molar-refractivity contribution is 5.62. The Morgan fingerprint density at radius 2 is 1.95 bits per heavy atom. The topological polar surface area (TPSA) is 72.5 Å². The fourth-order valence-electron chi connectivity index (χ4n) is 2.31. The lowest BCUT2D eigenvalue weighted by molar-refractivity contribution is 0.287. The molecular weight excluding hydrogens is 280 g/mol. The Kier molecular flexibility index (Phi) is 4.02. The monoisotopic (exact) mass is 298 g/mol. The Hall–Kier alpha value is -2.47. The van der Waals surface area contributed by atoms with Crippen LogP contribution < -0.4 is 4.74 Å². The molecule has 0 bridgehead atoms. The molecule has 2 aromatic heterocycles. The zero-order valence-corrected chi connectivity index (χ0v) is 12.7. The molecular formula is C16H18N4O2. The number of nitrogens with zero attached hydrogens (tertiary/aromatic N) is 4. The van der Waals surface area contributed by atoms with Crippen molar-refractivity contribution < 1.29 is 9.84 Å². The average molecular weight is 298 g/mol. The van der Waals surface area contributed by atoms with Crippen LogP contribution in [0, 0.1) is 6.92 Å². The van der Waals surface area contributed by atoms with Gasteiger partial charge in [0.15, 0.2) is 5.82 Å². The predicted octanol–water partition coefficient (Wildman–Crippen LogP) is 2.03. The molecule has 0 aliphatic carbocycles. The van der Waals surface area contributed by atoms with Gasteiger partial charge in [-0.3, -0.25) is 0 Å². The summed E-state index contributed by atoms with van der Waals surface area (Å²) in [6.07, 6.45) is 1.30. The van der Waals surface area contributed by atoms with E-state index in [-0.39, 0.29) is 6.61 Å². The normalized spacial score (nSPS) is 11.0. The molecule has 0 amide bonds. The van der Waals surface area contributed by atoms with Crippen LogP contribution in [0.1, 0.15) is 17.9 Å². The molecule has 0 aliphatic rings. The first kappa shape index (κ1) is 14.5. The summed E-state index contributed by atoms with van der Waals surface area (Å²) in [5, 5.41) is 13.3. The number of fused-ring (bicyclic) bond motifs is 1. The van der Waals surface area contributed by atoms with E-state index in [9.17, 15) is 0 Å². The molecule has 0 spiro atoms. The highest BCUT2D eigenvalue weighted by atomic mass is 16.5. The number of aryl methyl sites for hydroxylation is 2. The molecule has 1 N–H and O–H groups in total. The number of rotatable bonds is 5. The number of methoxy groups -OCH3 is 1. The summed E-state index contributed by atoms with van der Waals surface area (Å²) in [6, 6.07) is 9.75. The number of hydrogen-bond acceptors (Lipinski definition) is 5. The first-order valence-corrected chi connectivity index (χ1v) is 7.20. The predicted molar refractivity (Wildman–Crippen MR) is 82.9 cm³/mol. The summed E-state index contributed by atoms with van der Waals surface area (Å²) in [7, 11) is 1.65. The van der Waals surface area contributed by atoms with Gasteiger partial charge in [0.25, 0.3) is 5.78 Å². The Morgan fingerprint density at radius 3 is 2.64 bits per heavy atom. The second-order valence-electron chi connectivity index (χ2n) is 5.08. The van der Waals surface area contributed by atoms with Crippen molar-refractivity contribution in [3.63, 3.8) is 0 Å². The lowest BCUT2D eigenvalue weighted by Gasteiger charge is -2.05. The zero-order chi connectivity index (χ0) is 15.5. The van der Waals surface area contributed by atoms with E-state index in [2.05, 4.69) is 15.1 Å². The van der Waals surface area contributed by atoms with Gasteiger partial charge in [-0.2, -0.15) is 4.98 Å². The SMILES string of the molecule is COc1ccc(-c2cc(C)n3nc(CCCO)nc3n2)cc1. The molecule has 22 heavy (non-hydrogen) atoms. The second-order valence-corrected chi connectivity index (χ2v) is 5.08. The van der Waals surface area contributed by atoms with Gasteiger partial charge < -0.3 is 9.84 Å². The summed E-state index contributed by atoms with van der Waals surface area (Å²) in [6.45, 7) is 2.12. The van der Waals surface area contributed by atoms with Crippen molar-refractivity contribution in [3.05, 3.63) is 41.9 Å². The van der Waals surface area contributed by atoms with Gasteiger partial charge >= 0.3 is 0 Å². The summed E-state index contributed by atoms with van der Waals surface area (Å²) in [5.74, 6) is 2.10. The smallest absolute Gasteiger partial charge is 0.253 e. The Balaban J connectivity index is 1.99. The van der Waals surface area contributed by atoms with Gasteiger partial charge in [-0.1, -0.05) is 0 Å². The van der Waals surface area contributed by atoms with E-state index in [1.54, 1.807) is 11.6 Å². The van der Waals surface area contributed by atoms with Crippen molar-refractivity contribution in [2.24, 2.45) is 0 Å². The van der Waals surface area contributed by atoms with E-state index < -0.39 is 0 Å². The summed E-state index contributed by atoms with van der Waals surface area (Å²) in [5.41, 5.74) is 2.83. The quantitative estimate of drug-likeness (QED) is 0.780. The van der Waals surface area contributed by atoms with Crippen molar-refractivity contribution in [2.75, 3.05) is 13.7 Å². The third-order valence-corrected chi connectivity index (χ3v) is 3.48. The number of aliphatic hydroxyl groups is 1. The third-order valence-electron chi connectivity index (χ3n) is 3.48. The number of aromatic nitrogens is 4. The highest BCUT2D eigenvalue weighted by Gasteiger charge is 2.10. The maximum Gasteiger partial charge on any atom is 0.253 e. The van der Waals surface area contributed by atoms with Crippen molar-refractivity contribution >= 4 is 5.78 Å². The van der Waals surface area contributed by atoms with Crippen LogP contribution in [-0.4, -0.2) is 38.4 Å². The maximum atomic E-state index is 8.90. The van der Waals surface area contributed by atoms with Crippen LogP contribution in [0.3, 0.4) is 0 Å². The standard InChI is InChI=1S/C16H18N4O2/c1-11-10-14(12-5-7-13(22-2)8-6-12)17-16-18-15(4-3-9-21)19-20(11)16/h5-8,10,21H,3-4,9H2,1-2H3. The zero-order valence-electron chi connectivity index (χ0n) is 12.7. The van der Waals surface area contributed by atoms with Crippen LogP contribution in [0.25, 0.3) is 17.0 Å². The first-order valence-electron chi connectivity index (χ1n) is 7.20. The van der Waals surface area contributed by atoms with Gasteiger partial charge in [0.1, 0.15) is 5.75 Å². The summed E-state index contributed by atoms with van der Waals surface area (Å²) < 4.78 is 6.91. The number of aliphatic hydroxyl groups excluding tert-OH is 1. The molecule has 114 valence electrons. The molecule has 0 saturated carbocycles. The van der Waals surface area contributed by atoms with Crippen molar-refractivity contribution in [2.45, 2.75) is 19.8 Å². The third kappa shape index (κ3) is 2.78. The molecule has 0 unspecified atom stereocenters. The van der Waals surface area contributed by atoms with Crippen LogP contribution in [0.5, 0.6) is 5.75 Å². The second kappa shape index (κ2) is 6.11. The summed E-state index contributed by atoms with van der Waals surface area (Å²) >= 11 is 0. The van der Waals surface area contributed by atoms with Crippen LogP contribution in [0.15, 0.2) is 30.3 Å². The van der Waals surface area contributed by atoms with Crippen LogP contribution in [0.4, 0.5) is 0 Å². The average Bonchev–Trinajstić information content (AvgIpc) is 2.96. The minimum atomic E-state index is 0.138. The van der Waals surface area contributed by atoms with Crippen LogP contribution >= 0.6 is 0 Å². The molecule has 0 fully saturated rings. The lowest BCUT2D eigenvalue weighted by atomic mass is 10.1. The van der Waals surface area contributed by atoms with E-state index in [0.717, 1.165) is 22.7 Å². The molecule has 1 aromatic carbocycles. The summed E-state index contributed by atoms with van der Waals surface area (Å²) in [4.78, 5) is 9.01. The highest BCUT2D eigenvalue weighted by Crippen LogP contribution is 2.22. The first-order chi connectivity index (χ1) is 10.7. The Bertz CT molecular complexity index is 781. The van der Waals surface area contributed by atoms with Gasteiger partial charge in [-0.15, -0.1) is 5.10 Å². The lowest BCUT2D eigenvalue weighted by Crippen LogP contribution is -1.98. The fourth-order valence-corrected chi connectivity index (χ4v) is 2.31. The van der Waals surface area contributed by atoms with Crippen molar-refractivity contribution in [3.8, 4) is 17.0 Å². The van der Waals surface area contributed by atoms with Crippen molar-refractivity contribution in [1.29, 1.82) is 0 Å². The van der Waals surface area contributed by atoms with Gasteiger partial charge in [0.2, 0.25) is 0 Å². The molecule has 0 atom stereocenters. The molecule has 6 nitrogen and oxygen atoms in total.